The van der Waals surface area contributed by atoms with Crippen LogP contribution in [-0.2, 0) is 11.8 Å². The number of amides is 3. The number of fused-ring (bicyclic) bond motifs is 1. The van der Waals surface area contributed by atoms with E-state index < -0.39 is 6.03 Å². The minimum absolute atomic E-state index is 0.232. The molecule has 1 aromatic heterocycles. The van der Waals surface area contributed by atoms with E-state index in [-0.39, 0.29) is 5.91 Å². The number of aryl methyl sites for hydroxylation is 1. The molecule has 3 amide bonds. The van der Waals surface area contributed by atoms with Gasteiger partial charge in [0.25, 0.3) is 0 Å². The number of hydrogen-bond donors (Lipinski definition) is 2. The van der Waals surface area contributed by atoms with Crippen LogP contribution in [0.4, 0.5) is 10.6 Å². The first-order valence-corrected chi connectivity index (χ1v) is 8.26. The molecular weight excluding hydrogens is 308 g/mol. The van der Waals surface area contributed by atoms with Crippen molar-refractivity contribution in [3.8, 4) is 0 Å². The van der Waals surface area contributed by atoms with Gasteiger partial charge in [-0.25, -0.2) is 4.79 Å². The summed E-state index contributed by atoms with van der Waals surface area (Å²) in [5.74, 6) is 0.404. The topological polar surface area (TPSA) is 82.5 Å². The number of rotatable bonds is 5. The van der Waals surface area contributed by atoms with E-state index in [1.807, 2.05) is 18.8 Å². The Kier molecular flexibility index (Phi) is 4.57. The predicted molar refractivity (Wildman–Crippen MR) is 91.6 cm³/mol. The maximum absolute atomic E-state index is 12.2. The van der Waals surface area contributed by atoms with Crippen LogP contribution in [0.25, 0.3) is 11.8 Å². The van der Waals surface area contributed by atoms with Gasteiger partial charge in [-0.05, 0) is 19.9 Å². The van der Waals surface area contributed by atoms with E-state index in [0.29, 0.717) is 18.8 Å². The molecule has 24 heavy (non-hydrogen) atoms. The molecule has 1 fully saturated rings. The van der Waals surface area contributed by atoms with E-state index in [9.17, 15) is 9.59 Å². The maximum Gasteiger partial charge on any atom is 0.329 e. The second-order valence-corrected chi connectivity index (χ2v) is 6.18. The SMILES string of the molecule is CNCCN(C)C1=c2c(c(N3CCC(=O)NC3=O)nn2C)=CCC1. The van der Waals surface area contributed by atoms with Crippen molar-refractivity contribution in [2.75, 3.05) is 38.6 Å². The second-order valence-electron chi connectivity index (χ2n) is 6.18. The minimum atomic E-state index is -0.392. The Balaban J connectivity index is 2.05. The summed E-state index contributed by atoms with van der Waals surface area (Å²) in [6.45, 7) is 2.18. The Hall–Kier alpha value is -2.35. The average Bonchev–Trinajstić information content (AvgIpc) is 2.89. The third kappa shape index (κ3) is 2.89. The highest BCUT2D eigenvalue weighted by atomic mass is 16.2. The van der Waals surface area contributed by atoms with Crippen molar-refractivity contribution in [2.45, 2.75) is 19.3 Å². The zero-order chi connectivity index (χ0) is 17.3. The van der Waals surface area contributed by atoms with Crippen LogP contribution in [0.1, 0.15) is 19.3 Å². The van der Waals surface area contributed by atoms with Crippen LogP contribution >= 0.6 is 0 Å². The zero-order valence-corrected chi connectivity index (χ0v) is 14.4. The third-order valence-electron chi connectivity index (χ3n) is 4.53. The fraction of sp³-hybridized carbons (Fsp3) is 0.562. The number of carbonyl (C=O) groups excluding carboxylic acids is 2. The van der Waals surface area contributed by atoms with Gasteiger partial charge < -0.3 is 10.2 Å². The van der Waals surface area contributed by atoms with Gasteiger partial charge in [0.1, 0.15) is 0 Å². The van der Waals surface area contributed by atoms with Crippen LogP contribution in [0.5, 0.6) is 0 Å². The molecule has 8 heteroatoms. The fourth-order valence-corrected chi connectivity index (χ4v) is 3.28. The molecule has 0 saturated carbocycles. The number of carbonyl (C=O) groups is 2. The van der Waals surface area contributed by atoms with Gasteiger partial charge in [0, 0.05) is 51.1 Å². The van der Waals surface area contributed by atoms with Crippen molar-refractivity contribution in [1.29, 1.82) is 0 Å². The second kappa shape index (κ2) is 6.64. The highest BCUT2D eigenvalue weighted by molar-refractivity contribution is 6.05. The highest BCUT2D eigenvalue weighted by Crippen LogP contribution is 2.15. The standard InChI is InChI=1S/C16H24N6O2/c1-17-8-10-20(2)12-6-4-5-11-14(12)21(3)19-15(11)22-9-7-13(23)18-16(22)24/h5,17H,4,6-10H2,1-3H3,(H,18,23,24). The number of anilines is 1. The molecule has 2 heterocycles. The number of imide groups is 1. The monoisotopic (exact) mass is 332 g/mol. The first kappa shape index (κ1) is 16.5. The molecule has 2 N–H and O–H groups in total. The molecule has 0 radical (unpaired) electrons. The molecule has 1 aromatic rings. The summed E-state index contributed by atoms with van der Waals surface area (Å²) in [6, 6.07) is -0.392. The van der Waals surface area contributed by atoms with Gasteiger partial charge in [-0.3, -0.25) is 19.7 Å². The molecule has 3 rings (SSSR count). The molecule has 1 aliphatic heterocycles. The number of nitrogens with one attached hydrogen (secondary N) is 2. The molecule has 0 spiro atoms. The summed E-state index contributed by atoms with van der Waals surface area (Å²) in [7, 11) is 5.93. The van der Waals surface area contributed by atoms with E-state index in [1.165, 1.54) is 5.70 Å². The van der Waals surface area contributed by atoms with E-state index >= 15 is 0 Å². The number of hydrogen-bond acceptors (Lipinski definition) is 5. The Morgan fingerprint density at radius 1 is 1.38 bits per heavy atom. The van der Waals surface area contributed by atoms with Gasteiger partial charge in [-0.1, -0.05) is 6.08 Å². The molecular formula is C16H24N6O2. The zero-order valence-electron chi connectivity index (χ0n) is 14.4. The van der Waals surface area contributed by atoms with Crippen molar-refractivity contribution >= 4 is 29.5 Å². The largest absolute Gasteiger partial charge is 0.375 e. The lowest BCUT2D eigenvalue weighted by atomic mass is 10.1. The molecule has 130 valence electrons. The predicted octanol–water partition coefficient (Wildman–Crippen LogP) is -1.30. The first-order valence-electron chi connectivity index (χ1n) is 8.26. The van der Waals surface area contributed by atoms with Crippen molar-refractivity contribution in [1.82, 2.24) is 25.3 Å². The third-order valence-corrected chi connectivity index (χ3v) is 4.53. The van der Waals surface area contributed by atoms with Gasteiger partial charge in [0.05, 0.1) is 5.35 Å². The summed E-state index contributed by atoms with van der Waals surface area (Å²) >= 11 is 0. The van der Waals surface area contributed by atoms with Crippen molar-refractivity contribution in [2.24, 2.45) is 7.05 Å². The quantitative estimate of drug-likeness (QED) is 0.700. The lowest BCUT2D eigenvalue weighted by Crippen LogP contribution is -2.51. The normalized spacial score (nSPS) is 17.5. The number of nitrogens with zero attached hydrogens (tertiary/aromatic N) is 4. The fourth-order valence-electron chi connectivity index (χ4n) is 3.28. The molecule has 0 atom stereocenters. The van der Waals surface area contributed by atoms with Crippen molar-refractivity contribution in [3.63, 3.8) is 0 Å². The summed E-state index contributed by atoms with van der Waals surface area (Å²) < 4.78 is 1.84. The highest BCUT2D eigenvalue weighted by Gasteiger charge is 2.28. The van der Waals surface area contributed by atoms with Crippen molar-refractivity contribution in [3.05, 3.63) is 10.6 Å². The van der Waals surface area contributed by atoms with Crippen LogP contribution in [-0.4, -0.2) is 60.3 Å². The van der Waals surface area contributed by atoms with E-state index in [4.69, 9.17) is 0 Å². The van der Waals surface area contributed by atoms with Gasteiger partial charge in [0.2, 0.25) is 5.91 Å². The maximum atomic E-state index is 12.2. The number of likely N-dealkylation sites (N-methyl/N-ethyl adjacent to an activating group) is 2. The summed E-state index contributed by atoms with van der Waals surface area (Å²) in [6.07, 6.45) is 4.31. The van der Waals surface area contributed by atoms with Crippen molar-refractivity contribution < 1.29 is 9.59 Å². The summed E-state index contributed by atoms with van der Waals surface area (Å²) in [5, 5.41) is 12.2. The first-order chi connectivity index (χ1) is 11.5. The Bertz CT molecular complexity index is 781. The Labute approximate surface area is 140 Å². The van der Waals surface area contributed by atoms with Crippen LogP contribution in [0.15, 0.2) is 0 Å². The molecule has 0 bridgehead atoms. The van der Waals surface area contributed by atoms with E-state index in [1.54, 1.807) is 4.90 Å². The summed E-state index contributed by atoms with van der Waals surface area (Å²) in [4.78, 5) is 27.3. The smallest absolute Gasteiger partial charge is 0.329 e. The number of aromatic nitrogens is 2. The molecule has 1 saturated heterocycles. The Morgan fingerprint density at radius 3 is 2.88 bits per heavy atom. The van der Waals surface area contributed by atoms with Crippen LogP contribution in [0.2, 0.25) is 0 Å². The molecule has 8 nitrogen and oxygen atoms in total. The van der Waals surface area contributed by atoms with Crippen LogP contribution < -0.4 is 26.1 Å². The lowest BCUT2D eigenvalue weighted by Gasteiger charge is -2.25. The Morgan fingerprint density at radius 2 is 2.17 bits per heavy atom. The summed E-state index contributed by atoms with van der Waals surface area (Å²) in [5.41, 5.74) is 1.23. The van der Waals surface area contributed by atoms with E-state index in [0.717, 1.165) is 36.5 Å². The van der Waals surface area contributed by atoms with Gasteiger partial charge in [-0.2, -0.15) is 5.10 Å². The molecule has 0 aromatic carbocycles. The van der Waals surface area contributed by atoms with Crippen LogP contribution in [0.3, 0.4) is 0 Å². The van der Waals surface area contributed by atoms with E-state index in [2.05, 4.69) is 33.8 Å². The lowest BCUT2D eigenvalue weighted by molar-refractivity contribution is -0.120. The molecule has 2 aliphatic rings. The molecule has 1 aliphatic carbocycles. The average molecular weight is 332 g/mol. The van der Waals surface area contributed by atoms with Gasteiger partial charge >= 0.3 is 6.03 Å². The van der Waals surface area contributed by atoms with Crippen LogP contribution in [0, 0.1) is 0 Å². The molecule has 0 unspecified atom stereocenters. The van der Waals surface area contributed by atoms with Gasteiger partial charge in [0.15, 0.2) is 5.82 Å². The minimum Gasteiger partial charge on any atom is -0.375 e. The number of urea groups is 1. The van der Waals surface area contributed by atoms with Gasteiger partial charge in [-0.15, -0.1) is 0 Å².